The van der Waals surface area contributed by atoms with Crippen LogP contribution in [0.25, 0.3) is 0 Å². The summed E-state index contributed by atoms with van der Waals surface area (Å²) in [5.41, 5.74) is 0.980. The van der Waals surface area contributed by atoms with E-state index in [-0.39, 0.29) is 5.97 Å². The largest absolute Gasteiger partial charge is 0.465 e. The Balaban J connectivity index is 1.86. The highest BCUT2D eigenvalue weighted by Crippen LogP contribution is 2.29. The van der Waals surface area contributed by atoms with Crippen molar-refractivity contribution in [1.82, 2.24) is 4.98 Å². The summed E-state index contributed by atoms with van der Waals surface area (Å²) >= 11 is 6.45. The number of H-pyrrole nitrogens is 1. The summed E-state index contributed by atoms with van der Waals surface area (Å²) in [7, 11) is 0. The van der Waals surface area contributed by atoms with Crippen molar-refractivity contribution in [3.05, 3.63) is 14.5 Å². The first kappa shape index (κ1) is 10.8. The smallest absolute Gasteiger partial charge is 0.311 e. The second kappa shape index (κ2) is 4.45. The molecule has 0 spiro atoms. The molecule has 1 heterocycles. The number of aromatic amines is 1. The number of aryl methyl sites for hydroxylation is 1. The van der Waals surface area contributed by atoms with Crippen LogP contribution in [0.1, 0.15) is 23.4 Å². The number of ether oxygens (including phenoxy) is 1. The van der Waals surface area contributed by atoms with Crippen molar-refractivity contribution in [3.63, 3.8) is 0 Å². The Hall–Kier alpha value is -0.680. The van der Waals surface area contributed by atoms with Crippen LogP contribution in [0, 0.1) is 16.8 Å². The molecule has 0 aromatic carbocycles. The Bertz CT molecular complexity index is 417. The summed E-state index contributed by atoms with van der Waals surface area (Å²) in [5.74, 6) is 0.481. The normalized spacial score (nSPS) is 15.3. The fourth-order valence-electron chi connectivity index (χ4n) is 1.28. The summed E-state index contributed by atoms with van der Waals surface area (Å²) < 4.78 is 5.87. The van der Waals surface area contributed by atoms with Gasteiger partial charge in [0.05, 0.1) is 13.0 Å². The lowest BCUT2D eigenvalue weighted by atomic mass is 10.3. The maximum Gasteiger partial charge on any atom is 0.311 e. The molecular weight excluding hydrogens is 230 g/mol. The van der Waals surface area contributed by atoms with Crippen molar-refractivity contribution in [2.24, 2.45) is 5.92 Å². The third-order valence-corrected chi connectivity index (χ3v) is 3.74. The van der Waals surface area contributed by atoms with Gasteiger partial charge in [-0.1, -0.05) is 0 Å². The molecule has 1 aliphatic carbocycles. The molecule has 0 saturated heterocycles. The van der Waals surface area contributed by atoms with E-state index >= 15 is 0 Å². The lowest BCUT2D eigenvalue weighted by molar-refractivity contribution is -0.143. The highest BCUT2D eigenvalue weighted by atomic mass is 32.1. The summed E-state index contributed by atoms with van der Waals surface area (Å²) in [6.45, 7) is 2.52. The third-order valence-electron chi connectivity index (χ3n) is 2.41. The van der Waals surface area contributed by atoms with Gasteiger partial charge in [0.1, 0.15) is 0 Å². The van der Waals surface area contributed by atoms with Crippen molar-refractivity contribution in [1.29, 1.82) is 0 Å². The molecule has 2 rings (SSSR count). The van der Waals surface area contributed by atoms with Crippen molar-refractivity contribution in [2.75, 3.05) is 6.61 Å². The lowest BCUT2D eigenvalue weighted by Crippen LogP contribution is -2.09. The zero-order chi connectivity index (χ0) is 10.8. The first-order valence-electron chi connectivity index (χ1n) is 4.99. The van der Waals surface area contributed by atoms with Crippen LogP contribution in [0.2, 0.25) is 0 Å². The average molecular weight is 243 g/mol. The SMILES string of the molecule is Cc1[nH]c(=S)sc1CC(=O)OCC1CC1. The van der Waals surface area contributed by atoms with Crippen LogP contribution in [0.15, 0.2) is 0 Å². The van der Waals surface area contributed by atoms with E-state index in [4.69, 9.17) is 17.0 Å². The Morgan fingerprint density at radius 2 is 2.40 bits per heavy atom. The molecule has 82 valence electrons. The highest BCUT2D eigenvalue weighted by molar-refractivity contribution is 7.73. The van der Waals surface area contributed by atoms with E-state index in [0.29, 0.717) is 18.9 Å². The van der Waals surface area contributed by atoms with Crippen LogP contribution < -0.4 is 0 Å². The van der Waals surface area contributed by atoms with Crippen LogP contribution in [-0.4, -0.2) is 17.6 Å². The van der Waals surface area contributed by atoms with Crippen molar-refractivity contribution in [2.45, 2.75) is 26.2 Å². The number of aromatic nitrogens is 1. The van der Waals surface area contributed by atoms with E-state index < -0.39 is 0 Å². The van der Waals surface area contributed by atoms with Crippen LogP contribution in [0.3, 0.4) is 0 Å². The fourth-order valence-corrected chi connectivity index (χ4v) is 2.56. The molecule has 0 bridgehead atoms. The molecular formula is C10H13NO2S2. The molecule has 1 aromatic rings. The molecule has 0 radical (unpaired) electrons. The van der Waals surface area contributed by atoms with Gasteiger partial charge in [0.15, 0.2) is 3.95 Å². The zero-order valence-corrected chi connectivity index (χ0v) is 10.2. The van der Waals surface area contributed by atoms with Crippen molar-refractivity contribution in [3.8, 4) is 0 Å². The number of nitrogens with one attached hydrogen (secondary N) is 1. The maximum atomic E-state index is 11.4. The molecule has 15 heavy (non-hydrogen) atoms. The molecule has 1 aromatic heterocycles. The van der Waals surface area contributed by atoms with Gasteiger partial charge in [-0.3, -0.25) is 4.79 Å². The number of esters is 1. The van der Waals surface area contributed by atoms with E-state index in [2.05, 4.69) is 4.98 Å². The first-order chi connectivity index (χ1) is 7.15. The Morgan fingerprint density at radius 1 is 1.67 bits per heavy atom. The molecule has 0 atom stereocenters. The van der Waals surface area contributed by atoms with Gasteiger partial charge in [-0.05, 0) is 37.9 Å². The molecule has 3 nitrogen and oxygen atoms in total. The number of thiazole rings is 1. The molecule has 0 aliphatic heterocycles. The van der Waals surface area contributed by atoms with Gasteiger partial charge in [0.2, 0.25) is 0 Å². The predicted octanol–water partition coefficient (Wildman–Crippen LogP) is 2.61. The van der Waals surface area contributed by atoms with E-state index in [1.54, 1.807) is 0 Å². The second-order valence-corrected chi connectivity index (χ2v) is 5.64. The van der Waals surface area contributed by atoms with Crippen LogP contribution in [-0.2, 0) is 16.0 Å². The molecule has 0 unspecified atom stereocenters. The van der Waals surface area contributed by atoms with Gasteiger partial charge in [-0.2, -0.15) is 0 Å². The van der Waals surface area contributed by atoms with Gasteiger partial charge < -0.3 is 9.72 Å². The molecule has 1 aliphatic rings. The third kappa shape index (κ3) is 3.14. The van der Waals surface area contributed by atoms with E-state index in [9.17, 15) is 4.79 Å². The molecule has 0 amide bonds. The standard InChI is InChI=1S/C10H13NO2S2/c1-6-8(15-10(14)11-6)4-9(12)13-5-7-2-3-7/h7H,2-5H2,1H3,(H,11,14). The molecule has 1 saturated carbocycles. The Labute approximate surface area is 97.5 Å². The van der Waals surface area contributed by atoms with Gasteiger partial charge in [-0.15, -0.1) is 11.3 Å². The highest BCUT2D eigenvalue weighted by Gasteiger charge is 2.23. The zero-order valence-electron chi connectivity index (χ0n) is 8.54. The number of carbonyl (C=O) groups excluding carboxylic acids is 1. The average Bonchev–Trinajstić information content (AvgIpc) is 2.92. The summed E-state index contributed by atoms with van der Waals surface area (Å²) in [5, 5.41) is 0. The molecule has 1 N–H and O–H groups in total. The minimum atomic E-state index is -0.143. The van der Waals surface area contributed by atoms with Crippen molar-refractivity contribution >= 4 is 29.5 Å². The van der Waals surface area contributed by atoms with Crippen molar-refractivity contribution < 1.29 is 9.53 Å². The Kier molecular flexibility index (Phi) is 3.21. The van der Waals surface area contributed by atoms with Gasteiger partial charge in [0.25, 0.3) is 0 Å². The Morgan fingerprint density at radius 3 is 2.93 bits per heavy atom. The van der Waals surface area contributed by atoms with Crippen LogP contribution in [0.5, 0.6) is 0 Å². The topological polar surface area (TPSA) is 42.1 Å². The van der Waals surface area contributed by atoms with E-state index in [1.165, 1.54) is 24.2 Å². The number of carbonyl (C=O) groups is 1. The quantitative estimate of drug-likeness (QED) is 0.653. The van der Waals surface area contributed by atoms with Gasteiger partial charge in [0, 0.05) is 10.6 Å². The first-order valence-corrected chi connectivity index (χ1v) is 6.22. The van der Waals surface area contributed by atoms with Crippen LogP contribution >= 0.6 is 23.6 Å². The van der Waals surface area contributed by atoms with Crippen LogP contribution in [0.4, 0.5) is 0 Å². The molecule has 1 fully saturated rings. The number of hydrogen-bond donors (Lipinski definition) is 1. The minimum Gasteiger partial charge on any atom is -0.465 e. The second-order valence-electron chi connectivity index (χ2n) is 3.87. The monoisotopic (exact) mass is 243 g/mol. The molecule has 5 heteroatoms. The van der Waals surface area contributed by atoms with Gasteiger partial charge in [-0.25, -0.2) is 0 Å². The van der Waals surface area contributed by atoms with E-state index in [0.717, 1.165) is 14.5 Å². The minimum absolute atomic E-state index is 0.143. The maximum absolute atomic E-state index is 11.4. The number of hydrogen-bond acceptors (Lipinski definition) is 4. The van der Waals surface area contributed by atoms with Gasteiger partial charge >= 0.3 is 5.97 Å². The summed E-state index contributed by atoms with van der Waals surface area (Å²) in [6, 6.07) is 0. The number of rotatable bonds is 4. The summed E-state index contributed by atoms with van der Waals surface area (Å²) in [6.07, 6.45) is 2.75. The fraction of sp³-hybridized carbons (Fsp3) is 0.600. The lowest BCUT2D eigenvalue weighted by Gasteiger charge is -2.02. The van der Waals surface area contributed by atoms with E-state index in [1.807, 2.05) is 6.92 Å². The predicted molar refractivity (Wildman–Crippen MR) is 61.6 cm³/mol. The summed E-state index contributed by atoms with van der Waals surface area (Å²) in [4.78, 5) is 15.4.